The Bertz CT molecular complexity index is 923. The molecule has 1 aliphatic carbocycles. The van der Waals surface area contributed by atoms with Crippen molar-refractivity contribution >= 4 is 17.1 Å². The van der Waals surface area contributed by atoms with Crippen LogP contribution in [0.25, 0.3) is 11.2 Å². The molecular weight excluding hydrogens is 322 g/mol. The molecule has 0 radical (unpaired) electrons. The highest BCUT2D eigenvalue weighted by atomic mass is 16.2. The molecule has 2 aromatic heterocycles. The molecule has 1 aliphatic rings. The first-order chi connectivity index (χ1) is 11.8. The van der Waals surface area contributed by atoms with Crippen molar-refractivity contribution in [2.75, 3.05) is 0 Å². The van der Waals surface area contributed by atoms with Crippen LogP contribution in [0.4, 0.5) is 0 Å². The standard InChI is InChI=1S/C17H25N5O3/c1-10-6-5-7-12(11(10)2)19-13(23)8-22-9-18-15-14(22)16(24)21(4)17(25)20(15)3/h9-12H,5-8H2,1-4H3,(H,19,23)/t10-,11+,12+/m0/s1. The Balaban J connectivity index is 1.85. The van der Waals surface area contributed by atoms with Gasteiger partial charge in [-0.3, -0.25) is 18.7 Å². The van der Waals surface area contributed by atoms with Crippen molar-refractivity contribution in [1.29, 1.82) is 0 Å². The molecule has 3 atom stereocenters. The second kappa shape index (κ2) is 6.50. The topological polar surface area (TPSA) is 90.9 Å². The zero-order valence-corrected chi connectivity index (χ0v) is 15.2. The van der Waals surface area contributed by atoms with Crippen LogP contribution in [0.3, 0.4) is 0 Å². The number of amides is 1. The number of hydrogen-bond donors (Lipinski definition) is 1. The second-order valence-corrected chi connectivity index (χ2v) is 7.19. The zero-order chi connectivity index (χ0) is 18.3. The predicted molar refractivity (Wildman–Crippen MR) is 94.3 cm³/mol. The quantitative estimate of drug-likeness (QED) is 0.869. The molecule has 1 amide bonds. The van der Waals surface area contributed by atoms with Gasteiger partial charge in [-0.1, -0.05) is 26.7 Å². The lowest BCUT2D eigenvalue weighted by Crippen LogP contribution is -2.45. The molecule has 0 saturated heterocycles. The van der Waals surface area contributed by atoms with Crippen LogP contribution in [0, 0.1) is 11.8 Å². The van der Waals surface area contributed by atoms with Crippen LogP contribution in [-0.4, -0.2) is 30.6 Å². The van der Waals surface area contributed by atoms with Crippen LogP contribution in [0.5, 0.6) is 0 Å². The molecule has 2 heterocycles. The van der Waals surface area contributed by atoms with Crippen molar-refractivity contribution in [2.45, 2.75) is 45.7 Å². The van der Waals surface area contributed by atoms with E-state index in [1.165, 1.54) is 28.9 Å². The van der Waals surface area contributed by atoms with Gasteiger partial charge in [-0.15, -0.1) is 0 Å². The van der Waals surface area contributed by atoms with Gasteiger partial charge in [-0.05, 0) is 18.3 Å². The predicted octanol–water partition coefficient (Wildman–Crippen LogP) is 0.375. The van der Waals surface area contributed by atoms with E-state index in [0.717, 1.165) is 17.4 Å². The monoisotopic (exact) mass is 347 g/mol. The third-order valence-corrected chi connectivity index (χ3v) is 5.58. The Morgan fingerprint density at radius 1 is 1.24 bits per heavy atom. The first kappa shape index (κ1) is 17.4. The average molecular weight is 347 g/mol. The van der Waals surface area contributed by atoms with E-state index in [4.69, 9.17) is 0 Å². The Morgan fingerprint density at radius 3 is 2.68 bits per heavy atom. The lowest BCUT2D eigenvalue weighted by Gasteiger charge is -2.34. The number of fused-ring (bicyclic) bond motifs is 1. The summed E-state index contributed by atoms with van der Waals surface area (Å²) < 4.78 is 3.86. The number of aryl methyl sites for hydroxylation is 1. The van der Waals surface area contributed by atoms with Gasteiger partial charge in [0.2, 0.25) is 5.91 Å². The van der Waals surface area contributed by atoms with Gasteiger partial charge < -0.3 is 9.88 Å². The summed E-state index contributed by atoms with van der Waals surface area (Å²) in [5, 5.41) is 3.10. The Kier molecular flexibility index (Phi) is 4.53. The third kappa shape index (κ3) is 3.01. The molecule has 2 aromatic rings. The average Bonchev–Trinajstić information content (AvgIpc) is 2.99. The summed E-state index contributed by atoms with van der Waals surface area (Å²) in [6, 6.07) is 0.165. The van der Waals surface area contributed by atoms with Crippen LogP contribution in [0.2, 0.25) is 0 Å². The fourth-order valence-electron chi connectivity index (χ4n) is 3.71. The van der Waals surface area contributed by atoms with Crippen LogP contribution >= 0.6 is 0 Å². The van der Waals surface area contributed by atoms with E-state index in [0.29, 0.717) is 17.5 Å². The van der Waals surface area contributed by atoms with E-state index < -0.39 is 11.2 Å². The minimum absolute atomic E-state index is 0.0154. The molecule has 0 aromatic carbocycles. The third-order valence-electron chi connectivity index (χ3n) is 5.58. The number of imidazole rings is 1. The van der Waals surface area contributed by atoms with Gasteiger partial charge in [0.15, 0.2) is 11.2 Å². The van der Waals surface area contributed by atoms with Crippen molar-refractivity contribution in [2.24, 2.45) is 25.9 Å². The molecule has 0 bridgehead atoms. The number of carbonyl (C=O) groups excluding carboxylic acids is 1. The Hall–Kier alpha value is -2.38. The SMILES string of the molecule is C[C@@H]1[C@@H](C)CCC[C@H]1NC(=O)Cn1cnc2c1c(=O)n(C)c(=O)n2C. The summed E-state index contributed by atoms with van der Waals surface area (Å²) in [7, 11) is 2.99. The lowest BCUT2D eigenvalue weighted by molar-refractivity contribution is -0.123. The maximum absolute atomic E-state index is 12.5. The van der Waals surface area contributed by atoms with E-state index in [9.17, 15) is 14.4 Å². The highest BCUT2D eigenvalue weighted by Crippen LogP contribution is 2.29. The number of aromatic nitrogens is 4. The normalized spacial score (nSPS) is 23.8. The maximum Gasteiger partial charge on any atom is 0.332 e. The molecule has 0 aliphatic heterocycles. The second-order valence-electron chi connectivity index (χ2n) is 7.19. The molecule has 8 heteroatoms. The number of rotatable bonds is 3. The van der Waals surface area contributed by atoms with Crippen molar-refractivity contribution in [3.05, 3.63) is 27.2 Å². The first-order valence-corrected chi connectivity index (χ1v) is 8.71. The molecule has 136 valence electrons. The van der Waals surface area contributed by atoms with Crippen molar-refractivity contribution in [3.8, 4) is 0 Å². The van der Waals surface area contributed by atoms with E-state index in [1.54, 1.807) is 7.05 Å². The molecule has 3 rings (SSSR count). The molecule has 25 heavy (non-hydrogen) atoms. The zero-order valence-electron chi connectivity index (χ0n) is 15.2. The fourth-order valence-corrected chi connectivity index (χ4v) is 3.71. The van der Waals surface area contributed by atoms with Gasteiger partial charge in [-0.2, -0.15) is 0 Å². The van der Waals surface area contributed by atoms with E-state index in [1.807, 2.05) is 0 Å². The van der Waals surface area contributed by atoms with Gasteiger partial charge in [0, 0.05) is 20.1 Å². The van der Waals surface area contributed by atoms with Crippen LogP contribution in [0.1, 0.15) is 33.1 Å². The largest absolute Gasteiger partial charge is 0.352 e. The number of hydrogen-bond acceptors (Lipinski definition) is 4. The smallest absolute Gasteiger partial charge is 0.332 e. The number of carbonyl (C=O) groups is 1. The van der Waals surface area contributed by atoms with Gasteiger partial charge in [0.25, 0.3) is 5.56 Å². The van der Waals surface area contributed by atoms with E-state index in [-0.39, 0.29) is 24.0 Å². The van der Waals surface area contributed by atoms with Gasteiger partial charge in [-0.25, -0.2) is 9.78 Å². The minimum atomic E-state index is -0.442. The minimum Gasteiger partial charge on any atom is -0.352 e. The highest BCUT2D eigenvalue weighted by Gasteiger charge is 2.28. The summed E-state index contributed by atoms with van der Waals surface area (Å²) in [6.07, 6.45) is 4.74. The summed E-state index contributed by atoms with van der Waals surface area (Å²) in [5.74, 6) is 0.891. The van der Waals surface area contributed by atoms with Gasteiger partial charge >= 0.3 is 5.69 Å². The maximum atomic E-state index is 12.5. The highest BCUT2D eigenvalue weighted by molar-refractivity contribution is 5.79. The Labute approximate surface area is 145 Å². The van der Waals surface area contributed by atoms with Crippen molar-refractivity contribution < 1.29 is 4.79 Å². The summed E-state index contributed by atoms with van der Waals surface area (Å²) in [5.41, 5.74) is -0.314. The first-order valence-electron chi connectivity index (χ1n) is 8.71. The molecule has 8 nitrogen and oxygen atoms in total. The summed E-state index contributed by atoms with van der Waals surface area (Å²) in [4.78, 5) is 41.0. The molecule has 1 fully saturated rings. The van der Waals surface area contributed by atoms with Gasteiger partial charge in [0.05, 0.1) is 6.33 Å². The van der Waals surface area contributed by atoms with Crippen LogP contribution in [-0.2, 0) is 25.4 Å². The fraction of sp³-hybridized carbons (Fsp3) is 0.647. The Morgan fingerprint density at radius 2 is 1.96 bits per heavy atom. The molecular formula is C17H25N5O3. The van der Waals surface area contributed by atoms with Crippen LogP contribution < -0.4 is 16.6 Å². The summed E-state index contributed by atoms with van der Waals surface area (Å²) in [6.45, 7) is 4.41. The van der Waals surface area contributed by atoms with Crippen molar-refractivity contribution in [1.82, 2.24) is 24.0 Å². The van der Waals surface area contributed by atoms with E-state index in [2.05, 4.69) is 24.1 Å². The molecule has 0 unspecified atom stereocenters. The molecule has 1 N–H and O–H groups in total. The molecule has 0 spiro atoms. The van der Waals surface area contributed by atoms with Crippen molar-refractivity contribution in [3.63, 3.8) is 0 Å². The molecule has 1 saturated carbocycles. The van der Waals surface area contributed by atoms with Crippen LogP contribution in [0.15, 0.2) is 15.9 Å². The number of nitrogens with zero attached hydrogens (tertiary/aromatic N) is 4. The number of nitrogens with one attached hydrogen (secondary N) is 1. The van der Waals surface area contributed by atoms with Gasteiger partial charge in [0.1, 0.15) is 6.54 Å². The van der Waals surface area contributed by atoms with E-state index >= 15 is 0 Å². The lowest BCUT2D eigenvalue weighted by atomic mass is 9.78. The summed E-state index contributed by atoms with van der Waals surface area (Å²) >= 11 is 0.